The van der Waals surface area contributed by atoms with E-state index in [1.165, 1.54) is 0 Å². The summed E-state index contributed by atoms with van der Waals surface area (Å²) in [6, 6.07) is 11.9. The molecule has 1 atom stereocenters. The van der Waals surface area contributed by atoms with Crippen molar-refractivity contribution < 1.29 is 14.3 Å². The van der Waals surface area contributed by atoms with E-state index in [2.05, 4.69) is 5.32 Å². The topological polar surface area (TPSA) is 47.6 Å². The van der Waals surface area contributed by atoms with Crippen LogP contribution >= 0.6 is 23.2 Å². The van der Waals surface area contributed by atoms with E-state index in [0.717, 1.165) is 19.4 Å². The van der Waals surface area contributed by atoms with Crippen LogP contribution < -0.4 is 10.1 Å². The molecule has 0 spiro atoms. The van der Waals surface area contributed by atoms with Crippen LogP contribution in [0.1, 0.15) is 23.2 Å². The lowest BCUT2D eigenvalue weighted by atomic mass is 10.2. The Bertz CT molecular complexity index is 710. The second-order valence-electron chi connectivity index (χ2n) is 5.59. The van der Waals surface area contributed by atoms with E-state index in [-0.39, 0.29) is 12.0 Å². The monoisotopic (exact) mass is 365 g/mol. The smallest absolute Gasteiger partial charge is 0.255 e. The molecule has 4 nitrogen and oxygen atoms in total. The number of amides is 1. The van der Waals surface area contributed by atoms with Crippen LogP contribution in [0.3, 0.4) is 0 Å². The van der Waals surface area contributed by atoms with Crippen molar-refractivity contribution in [3.05, 3.63) is 58.1 Å². The minimum absolute atomic E-state index is 0.135. The molecule has 2 aromatic carbocycles. The second-order valence-corrected chi connectivity index (χ2v) is 6.46. The zero-order valence-corrected chi connectivity index (χ0v) is 14.4. The van der Waals surface area contributed by atoms with Crippen LogP contribution in [0.15, 0.2) is 42.5 Å². The largest absolute Gasteiger partial charge is 0.491 e. The van der Waals surface area contributed by atoms with E-state index in [1.807, 2.05) is 6.07 Å². The molecule has 0 saturated carbocycles. The SMILES string of the molecule is O=C(Nc1cc(Cl)cc(Cl)c1)c1cccc(OC[C@@H]2CCCO2)c1. The Kier molecular flexibility index (Phi) is 5.61. The Labute approximate surface area is 150 Å². The number of rotatable bonds is 5. The molecule has 1 saturated heterocycles. The van der Waals surface area contributed by atoms with Crippen molar-refractivity contribution in [3.63, 3.8) is 0 Å². The van der Waals surface area contributed by atoms with Gasteiger partial charge in [-0.05, 0) is 49.2 Å². The molecule has 2 aromatic rings. The Balaban J connectivity index is 1.64. The van der Waals surface area contributed by atoms with Gasteiger partial charge in [0.25, 0.3) is 5.91 Å². The van der Waals surface area contributed by atoms with Gasteiger partial charge in [0.15, 0.2) is 0 Å². The van der Waals surface area contributed by atoms with Crippen LogP contribution in [-0.2, 0) is 4.74 Å². The molecular formula is C18H17Cl2NO3. The van der Waals surface area contributed by atoms with Gasteiger partial charge in [-0.3, -0.25) is 4.79 Å². The highest BCUT2D eigenvalue weighted by atomic mass is 35.5. The molecular weight excluding hydrogens is 349 g/mol. The second kappa shape index (κ2) is 7.88. The number of hydrogen-bond donors (Lipinski definition) is 1. The molecule has 1 aliphatic heterocycles. The molecule has 1 amide bonds. The predicted molar refractivity (Wildman–Crippen MR) is 95.3 cm³/mol. The van der Waals surface area contributed by atoms with E-state index in [4.69, 9.17) is 32.7 Å². The molecule has 3 rings (SSSR count). The Morgan fingerprint density at radius 1 is 1.21 bits per heavy atom. The van der Waals surface area contributed by atoms with E-state index >= 15 is 0 Å². The summed E-state index contributed by atoms with van der Waals surface area (Å²) < 4.78 is 11.2. The van der Waals surface area contributed by atoms with Crippen LogP contribution in [0, 0.1) is 0 Å². The van der Waals surface area contributed by atoms with Crippen molar-refractivity contribution in [1.82, 2.24) is 0 Å². The van der Waals surface area contributed by atoms with Gasteiger partial charge in [0.05, 0.1) is 6.10 Å². The van der Waals surface area contributed by atoms with Crippen LogP contribution in [-0.4, -0.2) is 25.2 Å². The fourth-order valence-corrected chi connectivity index (χ4v) is 3.05. The summed E-state index contributed by atoms with van der Waals surface area (Å²) in [6.45, 7) is 1.29. The Morgan fingerprint density at radius 2 is 2.00 bits per heavy atom. The van der Waals surface area contributed by atoms with Crippen LogP contribution in [0.25, 0.3) is 0 Å². The minimum Gasteiger partial charge on any atom is -0.491 e. The number of halogens is 2. The number of carbonyl (C=O) groups is 1. The maximum Gasteiger partial charge on any atom is 0.255 e. The zero-order valence-electron chi connectivity index (χ0n) is 12.9. The van der Waals surface area contributed by atoms with Crippen molar-refractivity contribution in [3.8, 4) is 5.75 Å². The molecule has 24 heavy (non-hydrogen) atoms. The summed E-state index contributed by atoms with van der Waals surface area (Å²) in [6.07, 6.45) is 2.21. The molecule has 0 bridgehead atoms. The third kappa shape index (κ3) is 4.63. The molecule has 1 aliphatic rings. The summed E-state index contributed by atoms with van der Waals surface area (Å²) in [4.78, 5) is 12.4. The lowest BCUT2D eigenvalue weighted by molar-refractivity contribution is 0.0679. The number of ether oxygens (including phenoxy) is 2. The number of nitrogens with one attached hydrogen (secondary N) is 1. The van der Waals surface area contributed by atoms with Gasteiger partial charge in [0, 0.05) is 27.9 Å². The molecule has 126 valence electrons. The van der Waals surface area contributed by atoms with Gasteiger partial charge >= 0.3 is 0 Å². The highest BCUT2D eigenvalue weighted by Crippen LogP contribution is 2.23. The molecule has 1 fully saturated rings. The summed E-state index contributed by atoms with van der Waals surface area (Å²) in [5.74, 6) is 0.387. The fourth-order valence-electron chi connectivity index (χ4n) is 2.52. The summed E-state index contributed by atoms with van der Waals surface area (Å²) >= 11 is 11.9. The number of hydrogen-bond acceptors (Lipinski definition) is 3. The average molecular weight is 366 g/mol. The van der Waals surface area contributed by atoms with Crippen LogP contribution in [0.4, 0.5) is 5.69 Å². The summed E-state index contributed by atoms with van der Waals surface area (Å²) in [5.41, 5.74) is 1.04. The van der Waals surface area contributed by atoms with Gasteiger partial charge in [-0.15, -0.1) is 0 Å². The fraction of sp³-hybridized carbons (Fsp3) is 0.278. The molecule has 0 unspecified atom stereocenters. The van der Waals surface area contributed by atoms with E-state index < -0.39 is 0 Å². The predicted octanol–water partition coefficient (Wildman–Crippen LogP) is 4.80. The number of carbonyl (C=O) groups excluding carboxylic acids is 1. The lowest BCUT2D eigenvalue weighted by Gasteiger charge is -2.12. The quantitative estimate of drug-likeness (QED) is 0.827. The first-order valence-corrected chi connectivity index (χ1v) is 8.48. The Morgan fingerprint density at radius 3 is 2.71 bits per heavy atom. The minimum atomic E-state index is -0.254. The van der Waals surface area contributed by atoms with Crippen molar-refractivity contribution in [2.45, 2.75) is 18.9 Å². The first kappa shape index (κ1) is 17.1. The summed E-state index contributed by atoms with van der Waals surface area (Å²) in [7, 11) is 0. The lowest BCUT2D eigenvalue weighted by Crippen LogP contribution is -2.17. The van der Waals surface area contributed by atoms with E-state index in [9.17, 15) is 4.79 Å². The van der Waals surface area contributed by atoms with Crippen LogP contribution in [0.2, 0.25) is 10.0 Å². The molecule has 6 heteroatoms. The van der Waals surface area contributed by atoms with Gasteiger partial charge in [-0.2, -0.15) is 0 Å². The normalized spacial score (nSPS) is 16.8. The zero-order chi connectivity index (χ0) is 16.9. The van der Waals surface area contributed by atoms with Crippen molar-refractivity contribution >= 4 is 34.8 Å². The first-order chi connectivity index (χ1) is 11.6. The van der Waals surface area contributed by atoms with Gasteiger partial charge < -0.3 is 14.8 Å². The highest BCUT2D eigenvalue weighted by molar-refractivity contribution is 6.35. The highest BCUT2D eigenvalue weighted by Gasteiger charge is 2.16. The molecule has 1 N–H and O–H groups in total. The number of anilines is 1. The van der Waals surface area contributed by atoms with Gasteiger partial charge in [0.1, 0.15) is 12.4 Å². The average Bonchev–Trinajstić information content (AvgIpc) is 3.05. The van der Waals surface area contributed by atoms with Gasteiger partial charge in [0.2, 0.25) is 0 Å². The van der Waals surface area contributed by atoms with Gasteiger partial charge in [-0.1, -0.05) is 29.3 Å². The Hall–Kier alpha value is -1.75. The summed E-state index contributed by atoms with van der Waals surface area (Å²) in [5, 5.41) is 3.70. The molecule has 0 aromatic heterocycles. The third-order valence-corrected chi connectivity index (χ3v) is 4.11. The third-order valence-electron chi connectivity index (χ3n) is 3.68. The standard InChI is InChI=1S/C18H17Cl2NO3/c19-13-8-14(20)10-15(9-13)21-18(22)12-3-1-4-16(7-12)24-11-17-5-2-6-23-17/h1,3-4,7-10,17H,2,5-6,11H2,(H,21,22)/t17-/m0/s1. The maximum absolute atomic E-state index is 12.4. The van der Waals surface area contributed by atoms with E-state index in [0.29, 0.717) is 33.7 Å². The molecule has 0 aliphatic carbocycles. The number of benzene rings is 2. The van der Waals surface area contributed by atoms with Gasteiger partial charge in [-0.25, -0.2) is 0 Å². The van der Waals surface area contributed by atoms with E-state index in [1.54, 1.807) is 36.4 Å². The molecule has 0 radical (unpaired) electrons. The van der Waals surface area contributed by atoms with Crippen molar-refractivity contribution in [2.24, 2.45) is 0 Å². The first-order valence-electron chi connectivity index (χ1n) is 7.72. The van der Waals surface area contributed by atoms with Crippen molar-refractivity contribution in [2.75, 3.05) is 18.5 Å². The van der Waals surface area contributed by atoms with Crippen molar-refractivity contribution in [1.29, 1.82) is 0 Å². The molecule has 1 heterocycles. The maximum atomic E-state index is 12.4. The van der Waals surface area contributed by atoms with Crippen LogP contribution in [0.5, 0.6) is 5.75 Å².